The molecule has 0 radical (unpaired) electrons. The van der Waals surface area contributed by atoms with Crippen LogP contribution in [-0.4, -0.2) is 54.8 Å². The SMILES string of the molecule is CN(C)CCNc1ccc(NC(=O)COc2ccc(Cl)cc2Cl)nn1. The Bertz CT molecular complexity index is 710. The monoisotopic (exact) mass is 383 g/mol. The normalized spacial score (nSPS) is 10.6. The van der Waals surface area contributed by atoms with Crippen LogP contribution in [0.15, 0.2) is 30.3 Å². The van der Waals surface area contributed by atoms with Gasteiger partial charge in [0.2, 0.25) is 0 Å². The zero-order valence-electron chi connectivity index (χ0n) is 13.9. The molecule has 9 heteroatoms. The summed E-state index contributed by atoms with van der Waals surface area (Å²) in [7, 11) is 3.98. The Labute approximate surface area is 156 Å². The first-order valence-electron chi connectivity index (χ1n) is 7.54. The number of nitrogens with zero attached hydrogens (tertiary/aromatic N) is 3. The smallest absolute Gasteiger partial charge is 0.263 e. The molecule has 2 aromatic rings. The van der Waals surface area contributed by atoms with Gasteiger partial charge in [-0.15, -0.1) is 10.2 Å². The van der Waals surface area contributed by atoms with Crippen LogP contribution in [0.2, 0.25) is 10.0 Å². The summed E-state index contributed by atoms with van der Waals surface area (Å²) in [4.78, 5) is 14.0. The van der Waals surface area contributed by atoms with Crippen LogP contribution in [-0.2, 0) is 4.79 Å². The number of amides is 1. The van der Waals surface area contributed by atoms with E-state index in [0.717, 1.165) is 13.1 Å². The van der Waals surface area contributed by atoms with Gasteiger partial charge in [-0.3, -0.25) is 4.79 Å². The van der Waals surface area contributed by atoms with Gasteiger partial charge in [-0.2, -0.15) is 0 Å². The van der Waals surface area contributed by atoms with E-state index in [0.29, 0.717) is 27.4 Å². The van der Waals surface area contributed by atoms with Gasteiger partial charge in [0.1, 0.15) is 11.6 Å². The summed E-state index contributed by atoms with van der Waals surface area (Å²) in [6, 6.07) is 8.19. The molecule has 1 aromatic carbocycles. The van der Waals surface area contributed by atoms with Gasteiger partial charge >= 0.3 is 0 Å². The Morgan fingerprint density at radius 2 is 1.88 bits per heavy atom. The highest BCUT2D eigenvalue weighted by Gasteiger charge is 2.08. The Morgan fingerprint density at radius 3 is 2.52 bits per heavy atom. The van der Waals surface area contributed by atoms with Crippen molar-refractivity contribution >= 4 is 40.7 Å². The molecule has 0 atom stereocenters. The fourth-order valence-electron chi connectivity index (χ4n) is 1.82. The molecule has 0 saturated heterocycles. The van der Waals surface area contributed by atoms with Gasteiger partial charge in [-0.1, -0.05) is 23.2 Å². The number of hydrogen-bond donors (Lipinski definition) is 2. The zero-order chi connectivity index (χ0) is 18.2. The van der Waals surface area contributed by atoms with Gasteiger partial charge in [0.25, 0.3) is 5.91 Å². The topological polar surface area (TPSA) is 79.4 Å². The van der Waals surface area contributed by atoms with Crippen molar-refractivity contribution in [3.05, 3.63) is 40.4 Å². The van der Waals surface area contributed by atoms with E-state index in [-0.39, 0.29) is 12.5 Å². The first-order chi connectivity index (χ1) is 11.9. The van der Waals surface area contributed by atoms with Crippen LogP contribution in [0.1, 0.15) is 0 Å². The number of halogens is 2. The van der Waals surface area contributed by atoms with Crippen molar-refractivity contribution in [2.75, 3.05) is 44.4 Å². The molecule has 2 N–H and O–H groups in total. The van der Waals surface area contributed by atoms with Gasteiger partial charge < -0.3 is 20.3 Å². The molecule has 0 saturated carbocycles. The lowest BCUT2D eigenvalue weighted by Gasteiger charge is -2.11. The van der Waals surface area contributed by atoms with E-state index < -0.39 is 0 Å². The van der Waals surface area contributed by atoms with Gasteiger partial charge in [0, 0.05) is 18.1 Å². The molecule has 0 bridgehead atoms. The van der Waals surface area contributed by atoms with Crippen LogP contribution in [0, 0.1) is 0 Å². The van der Waals surface area contributed by atoms with E-state index in [2.05, 4.69) is 25.7 Å². The quantitative estimate of drug-likeness (QED) is 0.729. The molecule has 0 fully saturated rings. The van der Waals surface area contributed by atoms with E-state index in [1.54, 1.807) is 30.3 Å². The summed E-state index contributed by atoms with van der Waals surface area (Å²) in [6.45, 7) is 1.43. The zero-order valence-corrected chi connectivity index (χ0v) is 15.4. The lowest BCUT2D eigenvalue weighted by atomic mass is 10.3. The average molecular weight is 384 g/mol. The number of carbonyl (C=O) groups excluding carboxylic acids is 1. The van der Waals surface area contributed by atoms with Gasteiger partial charge in [0.15, 0.2) is 12.4 Å². The molecule has 1 aromatic heterocycles. The molecule has 7 nitrogen and oxygen atoms in total. The van der Waals surface area contributed by atoms with Crippen LogP contribution >= 0.6 is 23.2 Å². The van der Waals surface area contributed by atoms with E-state index in [9.17, 15) is 4.79 Å². The van der Waals surface area contributed by atoms with Crippen molar-refractivity contribution in [2.24, 2.45) is 0 Å². The maximum absolute atomic E-state index is 11.9. The molecule has 25 heavy (non-hydrogen) atoms. The highest BCUT2D eigenvalue weighted by molar-refractivity contribution is 6.35. The maximum Gasteiger partial charge on any atom is 0.263 e. The average Bonchev–Trinajstić information content (AvgIpc) is 2.55. The fraction of sp³-hybridized carbons (Fsp3) is 0.312. The summed E-state index contributed by atoms with van der Waals surface area (Å²) in [5.41, 5.74) is 0. The van der Waals surface area contributed by atoms with Crippen LogP contribution in [0.3, 0.4) is 0 Å². The molecule has 0 unspecified atom stereocenters. The molecule has 0 spiro atoms. The second-order valence-corrected chi connectivity index (χ2v) is 6.29. The van der Waals surface area contributed by atoms with Crippen LogP contribution in [0.4, 0.5) is 11.6 Å². The third-order valence-electron chi connectivity index (χ3n) is 3.05. The molecule has 2 rings (SSSR count). The predicted molar refractivity (Wildman–Crippen MR) is 99.7 cm³/mol. The number of anilines is 2. The van der Waals surface area contributed by atoms with Gasteiger partial charge in [0.05, 0.1) is 5.02 Å². The van der Waals surface area contributed by atoms with Crippen LogP contribution in [0.5, 0.6) is 5.75 Å². The number of rotatable bonds is 8. The van der Waals surface area contributed by atoms with Crippen molar-refractivity contribution in [2.45, 2.75) is 0 Å². The van der Waals surface area contributed by atoms with E-state index in [1.807, 2.05) is 14.1 Å². The highest BCUT2D eigenvalue weighted by atomic mass is 35.5. The largest absolute Gasteiger partial charge is 0.482 e. The third kappa shape index (κ3) is 6.74. The van der Waals surface area contributed by atoms with Gasteiger partial charge in [-0.25, -0.2) is 0 Å². The van der Waals surface area contributed by atoms with Crippen LogP contribution < -0.4 is 15.4 Å². The second kappa shape index (κ2) is 9.41. The Morgan fingerprint density at radius 1 is 1.16 bits per heavy atom. The number of benzene rings is 1. The summed E-state index contributed by atoms with van der Waals surface area (Å²) in [5.74, 6) is 0.999. The molecule has 134 valence electrons. The standard InChI is InChI=1S/C16H19Cl2N5O2/c1-23(2)8-7-19-14-5-6-15(22-21-14)20-16(24)10-25-13-4-3-11(17)9-12(13)18/h3-6,9H,7-8,10H2,1-2H3,(H,19,21)(H,20,22,24). The molecule has 1 heterocycles. The van der Waals surface area contributed by atoms with Crippen molar-refractivity contribution in [1.29, 1.82) is 0 Å². The number of nitrogens with one attached hydrogen (secondary N) is 2. The minimum atomic E-state index is -0.367. The summed E-state index contributed by atoms with van der Waals surface area (Å²) < 4.78 is 5.36. The first-order valence-corrected chi connectivity index (χ1v) is 8.29. The van der Waals surface area contributed by atoms with Gasteiger partial charge in [-0.05, 0) is 44.4 Å². The lowest BCUT2D eigenvalue weighted by Crippen LogP contribution is -2.22. The summed E-state index contributed by atoms with van der Waals surface area (Å²) in [5, 5.41) is 14.5. The molecule has 0 aliphatic heterocycles. The van der Waals surface area contributed by atoms with E-state index in [4.69, 9.17) is 27.9 Å². The van der Waals surface area contributed by atoms with E-state index >= 15 is 0 Å². The van der Waals surface area contributed by atoms with Crippen molar-refractivity contribution in [3.63, 3.8) is 0 Å². The Hall–Kier alpha value is -2.09. The molecular formula is C16H19Cl2N5O2. The first kappa shape index (κ1) is 19.2. The Kier molecular flexibility index (Phi) is 7.24. The van der Waals surface area contributed by atoms with Crippen molar-refractivity contribution in [1.82, 2.24) is 15.1 Å². The minimum absolute atomic E-state index is 0.203. The number of hydrogen-bond acceptors (Lipinski definition) is 6. The van der Waals surface area contributed by atoms with Crippen LogP contribution in [0.25, 0.3) is 0 Å². The molecule has 0 aliphatic carbocycles. The lowest BCUT2D eigenvalue weighted by molar-refractivity contribution is -0.118. The maximum atomic E-state index is 11.9. The molecule has 1 amide bonds. The molecule has 0 aliphatic rings. The second-order valence-electron chi connectivity index (χ2n) is 5.45. The fourth-order valence-corrected chi connectivity index (χ4v) is 2.28. The highest BCUT2D eigenvalue weighted by Crippen LogP contribution is 2.27. The molecular weight excluding hydrogens is 365 g/mol. The number of ether oxygens (including phenoxy) is 1. The Balaban J connectivity index is 1.80. The summed E-state index contributed by atoms with van der Waals surface area (Å²) >= 11 is 11.8. The minimum Gasteiger partial charge on any atom is -0.482 e. The number of carbonyl (C=O) groups is 1. The number of aromatic nitrogens is 2. The third-order valence-corrected chi connectivity index (χ3v) is 3.58. The van der Waals surface area contributed by atoms with Crippen molar-refractivity contribution < 1.29 is 9.53 Å². The number of likely N-dealkylation sites (N-methyl/N-ethyl adjacent to an activating group) is 1. The summed E-state index contributed by atoms with van der Waals surface area (Å²) in [6.07, 6.45) is 0. The van der Waals surface area contributed by atoms with Crippen molar-refractivity contribution in [3.8, 4) is 5.75 Å². The van der Waals surface area contributed by atoms with E-state index in [1.165, 1.54) is 0 Å². The predicted octanol–water partition coefficient (Wildman–Crippen LogP) is 2.77.